The molecule has 3 N–H and O–H groups in total. The number of nitrogens with zero attached hydrogens (tertiary/aromatic N) is 1. The van der Waals surface area contributed by atoms with Crippen molar-refractivity contribution in [3.05, 3.63) is 23.8 Å². The molecular formula is C17H28N2O2. The molecule has 1 aromatic rings. The van der Waals surface area contributed by atoms with Crippen molar-refractivity contribution in [2.75, 3.05) is 13.7 Å². The first-order chi connectivity index (χ1) is 10.1. The Balaban J connectivity index is 2.14. The van der Waals surface area contributed by atoms with Crippen molar-refractivity contribution in [1.29, 1.82) is 0 Å². The van der Waals surface area contributed by atoms with Gasteiger partial charge in [0.2, 0.25) is 0 Å². The zero-order chi connectivity index (χ0) is 15.4. The van der Waals surface area contributed by atoms with Gasteiger partial charge in [0.15, 0.2) is 11.5 Å². The number of ether oxygens (including phenoxy) is 1. The van der Waals surface area contributed by atoms with Gasteiger partial charge in [0.05, 0.1) is 7.11 Å². The van der Waals surface area contributed by atoms with Crippen molar-refractivity contribution in [2.45, 2.75) is 57.7 Å². The number of benzene rings is 1. The molecule has 1 atom stereocenters. The summed E-state index contributed by atoms with van der Waals surface area (Å²) in [6.07, 6.45) is 4.59. The molecule has 21 heavy (non-hydrogen) atoms. The van der Waals surface area contributed by atoms with Crippen LogP contribution in [0, 0.1) is 0 Å². The van der Waals surface area contributed by atoms with E-state index in [4.69, 9.17) is 10.5 Å². The van der Waals surface area contributed by atoms with E-state index < -0.39 is 0 Å². The van der Waals surface area contributed by atoms with Crippen molar-refractivity contribution >= 4 is 0 Å². The average molecular weight is 292 g/mol. The van der Waals surface area contributed by atoms with Crippen molar-refractivity contribution in [3.8, 4) is 11.5 Å². The summed E-state index contributed by atoms with van der Waals surface area (Å²) in [5.41, 5.74) is 7.20. The number of phenolic OH excluding ortho intramolecular Hbond substituents is 1. The Morgan fingerprint density at radius 2 is 2.00 bits per heavy atom. The molecule has 118 valence electrons. The second-order valence-corrected chi connectivity index (χ2v) is 6.01. The molecule has 1 aliphatic carbocycles. The third kappa shape index (κ3) is 3.69. The lowest BCUT2D eigenvalue weighted by Gasteiger charge is -2.39. The van der Waals surface area contributed by atoms with E-state index in [-0.39, 0.29) is 5.75 Å². The molecule has 0 aliphatic heterocycles. The summed E-state index contributed by atoms with van der Waals surface area (Å²) in [5.74, 6) is 0.737. The van der Waals surface area contributed by atoms with Gasteiger partial charge in [0, 0.05) is 18.1 Å². The Morgan fingerprint density at radius 1 is 1.33 bits per heavy atom. The van der Waals surface area contributed by atoms with Crippen LogP contribution in [0.5, 0.6) is 11.5 Å². The Morgan fingerprint density at radius 3 is 2.57 bits per heavy atom. The van der Waals surface area contributed by atoms with Crippen LogP contribution >= 0.6 is 0 Å². The van der Waals surface area contributed by atoms with Gasteiger partial charge >= 0.3 is 0 Å². The number of phenols is 1. The summed E-state index contributed by atoms with van der Waals surface area (Å²) in [7, 11) is 1.59. The predicted octanol–water partition coefficient (Wildman–Crippen LogP) is 3.05. The van der Waals surface area contributed by atoms with Gasteiger partial charge in [0.25, 0.3) is 0 Å². The van der Waals surface area contributed by atoms with Crippen LogP contribution < -0.4 is 10.5 Å². The highest BCUT2D eigenvalue weighted by molar-refractivity contribution is 5.42. The summed E-state index contributed by atoms with van der Waals surface area (Å²) in [6, 6.07) is 6.93. The minimum absolute atomic E-state index is 0.195. The molecule has 0 bridgehead atoms. The Labute approximate surface area is 127 Å². The van der Waals surface area contributed by atoms with Crippen molar-refractivity contribution < 1.29 is 9.84 Å². The van der Waals surface area contributed by atoms with Gasteiger partial charge in [-0.1, -0.05) is 13.0 Å². The van der Waals surface area contributed by atoms with Crippen LogP contribution in [0.2, 0.25) is 0 Å². The van der Waals surface area contributed by atoms with Crippen LogP contribution in [-0.4, -0.2) is 35.7 Å². The summed E-state index contributed by atoms with van der Waals surface area (Å²) < 4.78 is 5.22. The fraction of sp³-hybridized carbons (Fsp3) is 0.647. The zero-order valence-corrected chi connectivity index (χ0v) is 13.4. The van der Waals surface area contributed by atoms with Crippen molar-refractivity contribution in [2.24, 2.45) is 5.73 Å². The lowest BCUT2D eigenvalue weighted by Crippen LogP contribution is -2.42. The monoisotopic (exact) mass is 292 g/mol. The smallest absolute Gasteiger partial charge is 0.160 e. The number of hydrogen-bond donors (Lipinski definition) is 2. The molecule has 0 radical (unpaired) electrons. The Hall–Kier alpha value is -1.26. The maximum absolute atomic E-state index is 9.74. The molecule has 2 rings (SSSR count). The third-order valence-corrected chi connectivity index (χ3v) is 4.76. The van der Waals surface area contributed by atoms with Gasteiger partial charge in [-0.05, 0) is 56.8 Å². The van der Waals surface area contributed by atoms with Gasteiger partial charge in [-0.2, -0.15) is 0 Å². The standard InChI is InChI=1S/C17H28N2O2/c1-4-19(15-8-6-14(18)7-9-15)12(2)13-5-10-16(20)17(11-13)21-3/h5,10-12,14-15,20H,4,6-9,18H2,1-3H3. The van der Waals surface area contributed by atoms with Gasteiger partial charge in [-0.15, -0.1) is 0 Å². The summed E-state index contributed by atoms with van der Waals surface area (Å²) in [5, 5.41) is 9.74. The Bertz CT molecular complexity index is 456. The van der Waals surface area contributed by atoms with Crippen molar-refractivity contribution in [1.82, 2.24) is 4.90 Å². The third-order valence-electron chi connectivity index (χ3n) is 4.76. The topological polar surface area (TPSA) is 58.7 Å². The molecule has 1 aliphatic rings. The molecule has 4 nitrogen and oxygen atoms in total. The van der Waals surface area contributed by atoms with E-state index in [2.05, 4.69) is 18.7 Å². The van der Waals surface area contributed by atoms with E-state index in [1.54, 1.807) is 13.2 Å². The molecule has 1 saturated carbocycles. The molecule has 0 aromatic heterocycles. The molecule has 4 heteroatoms. The number of methoxy groups -OCH3 is 1. The van der Waals surface area contributed by atoms with Crippen LogP contribution in [0.3, 0.4) is 0 Å². The maximum Gasteiger partial charge on any atom is 0.160 e. The summed E-state index contributed by atoms with van der Waals surface area (Å²) >= 11 is 0. The number of nitrogens with two attached hydrogens (primary N) is 1. The van der Waals surface area contributed by atoms with Crippen molar-refractivity contribution in [3.63, 3.8) is 0 Å². The zero-order valence-electron chi connectivity index (χ0n) is 13.4. The minimum atomic E-state index is 0.195. The van der Waals surface area contributed by atoms with E-state index in [0.29, 0.717) is 23.9 Å². The van der Waals surface area contributed by atoms with E-state index in [1.807, 2.05) is 12.1 Å². The first-order valence-corrected chi connectivity index (χ1v) is 7.95. The second kappa shape index (κ2) is 7.14. The van der Waals surface area contributed by atoms with E-state index in [9.17, 15) is 5.11 Å². The molecule has 1 aromatic carbocycles. The number of aromatic hydroxyl groups is 1. The average Bonchev–Trinajstić information content (AvgIpc) is 2.50. The maximum atomic E-state index is 9.74. The Kier molecular flexibility index (Phi) is 5.48. The fourth-order valence-electron chi connectivity index (χ4n) is 3.43. The molecule has 1 fully saturated rings. The molecular weight excluding hydrogens is 264 g/mol. The number of rotatable bonds is 5. The molecule has 0 spiro atoms. The molecule has 0 amide bonds. The van der Waals surface area contributed by atoms with Gasteiger partial charge in [0.1, 0.15) is 0 Å². The minimum Gasteiger partial charge on any atom is -0.504 e. The van der Waals surface area contributed by atoms with Crippen LogP contribution in [0.1, 0.15) is 51.1 Å². The highest BCUT2D eigenvalue weighted by Gasteiger charge is 2.27. The highest BCUT2D eigenvalue weighted by atomic mass is 16.5. The second-order valence-electron chi connectivity index (χ2n) is 6.01. The van der Waals surface area contributed by atoms with Gasteiger partial charge in [-0.25, -0.2) is 0 Å². The van der Waals surface area contributed by atoms with E-state index in [0.717, 1.165) is 19.4 Å². The van der Waals surface area contributed by atoms with E-state index in [1.165, 1.54) is 18.4 Å². The first-order valence-electron chi connectivity index (χ1n) is 7.95. The van der Waals surface area contributed by atoms with Crippen LogP contribution in [0.4, 0.5) is 0 Å². The molecule has 0 saturated heterocycles. The summed E-state index contributed by atoms with van der Waals surface area (Å²) in [6.45, 7) is 5.46. The molecule has 0 heterocycles. The summed E-state index contributed by atoms with van der Waals surface area (Å²) in [4.78, 5) is 2.54. The SMILES string of the molecule is CCN(C1CCC(N)CC1)C(C)c1ccc(O)c(OC)c1. The van der Waals surface area contributed by atoms with Crippen LogP contribution in [-0.2, 0) is 0 Å². The quantitative estimate of drug-likeness (QED) is 0.875. The lowest BCUT2D eigenvalue weighted by molar-refractivity contribution is 0.114. The van der Waals surface area contributed by atoms with Crippen LogP contribution in [0.15, 0.2) is 18.2 Å². The molecule has 1 unspecified atom stereocenters. The predicted molar refractivity (Wildman–Crippen MR) is 85.7 cm³/mol. The normalized spacial score (nSPS) is 24.0. The van der Waals surface area contributed by atoms with E-state index >= 15 is 0 Å². The van der Waals surface area contributed by atoms with Gasteiger partial charge in [-0.3, -0.25) is 4.90 Å². The number of hydrogen-bond acceptors (Lipinski definition) is 4. The highest BCUT2D eigenvalue weighted by Crippen LogP contribution is 2.34. The lowest BCUT2D eigenvalue weighted by atomic mass is 9.89. The van der Waals surface area contributed by atoms with Gasteiger partial charge < -0.3 is 15.6 Å². The van der Waals surface area contributed by atoms with Crippen LogP contribution in [0.25, 0.3) is 0 Å². The largest absolute Gasteiger partial charge is 0.504 e. The first kappa shape index (κ1) is 16.1. The fourth-order valence-corrected chi connectivity index (χ4v) is 3.43.